The van der Waals surface area contributed by atoms with Crippen LogP contribution in [0.15, 0.2) is 5.16 Å². The van der Waals surface area contributed by atoms with E-state index in [4.69, 9.17) is 0 Å². The molecule has 1 aromatic rings. The molecule has 21 heavy (non-hydrogen) atoms. The summed E-state index contributed by atoms with van der Waals surface area (Å²) in [7, 11) is 0. The van der Waals surface area contributed by atoms with E-state index in [0.717, 1.165) is 12.3 Å². The molecule has 0 amide bonds. The van der Waals surface area contributed by atoms with Gasteiger partial charge in [0.1, 0.15) is 5.82 Å². The molecule has 4 nitrogen and oxygen atoms in total. The van der Waals surface area contributed by atoms with Gasteiger partial charge in [0.15, 0.2) is 5.16 Å². The Balaban J connectivity index is 1.45. The van der Waals surface area contributed by atoms with Crippen LogP contribution in [0.3, 0.4) is 0 Å². The Morgan fingerprint density at radius 2 is 2.10 bits per heavy atom. The van der Waals surface area contributed by atoms with Crippen molar-refractivity contribution >= 4 is 11.8 Å². The number of hydrogen-bond acceptors (Lipinski definition) is 4. The molecule has 3 rings (SSSR count). The summed E-state index contributed by atoms with van der Waals surface area (Å²) in [6.07, 6.45) is 8.99. The van der Waals surface area contributed by atoms with Crippen molar-refractivity contribution in [1.29, 1.82) is 0 Å². The molecule has 1 atom stereocenters. The van der Waals surface area contributed by atoms with Crippen LogP contribution < -0.4 is 5.32 Å². The number of rotatable bonds is 10. The Morgan fingerprint density at radius 1 is 1.29 bits per heavy atom. The molecule has 0 aromatic carbocycles. The molecule has 1 N–H and O–H groups in total. The van der Waals surface area contributed by atoms with E-state index in [-0.39, 0.29) is 0 Å². The topological polar surface area (TPSA) is 42.7 Å². The van der Waals surface area contributed by atoms with Gasteiger partial charge in [0.25, 0.3) is 0 Å². The summed E-state index contributed by atoms with van der Waals surface area (Å²) in [6.45, 7) is 5.64. The van der Waals surface area contributed by atoms with Crippen molar-refractivity contribution in [3.8, 4) is 0 Å². The summed E-state index contributed by atoms with van der Waals surface area (Å²) in [5.74, 6) is 3.15. The first-order valence-electron chi connectivity index (χ1n) is 8.60. The van der Waals surface area contributed by atoms with Gasteiger partial charge in [-0.3, -0.25) is 0 Å². The average Bonchev–Trinajstić information content (AvgIpc) is 3.40. The van der Waals surface area contributed by atoms with Crippen LogP contribution in [0.2, 0.25) is 0 Å². The lowest BCUT2D eigenvalue weighted by Crippen LogP contribution is -2.26. The van der Waals surface area contributed by atoms with E-state index in [2.05, 4.69) is 33.9 Å². The summed E-state index contributed by atoms with van der Waals surface area (Å²) in [6, 6.07) is 1.34. The van der Waals surface area contributed by atoms with Gasteiger partial charge < -0.3 is 9.88 Å². The molecule has 0 aliphatic heterocycles. The molecule has 0 spiro atoms. The van der Waals surface area contributed by atoms with E-state index in [9.17, 15) is 0 Å². The first-order valence-corrected chi connectivity index (χ1v) is 9.59. The molecule has 2 aliphatic carbocycles. The summed E-state index contributed by atoms with van der Waals surface area (Å²) in [5, 5.41) is 13.7. The monoisotopic (exact) mass is 308 g/mol. The van der Waals surface area contributed by atoms with Gasteiger partial charge >= 0.3 is 0 Å². The van der Waals surface area contributed by atoms with Crippen molar-refractivity contribution in [2.75, 3.05) is 12.3 Å². The summed E-state index contributed by atoms with van der Waals surface area (Å²) < 4.78 is 2.46. The summed E-state index contributed by atoms with van der Waals surface area (Å²) in [4.78, 5) is 0. The highest BCUT2D eigenvalue weighted by atomic mass is 32.2. The van der Waals surface area contributed by atoms with Crippen LogP contribution >= 0.6 is 11.8 Å². The standard InChI is InChI=1S/C16H28N4S/c1-3-10-17-12(2)5-4-11-21-16-19-18-15(13-6-7-13)20(16)14-8-9-14/h12-14,17H,3-11H2,1-2H3. The first-order chi connectivity index (χ1) is 10.3. The third-order valence-electron chi connectivity index (χ3n) is 4.30. The van der Waals surface area contributed by atoms with E-state index in [0.29, 0.717) is 18.0 Å². The third kappa shape index (κ3) is 4.22. The molecule has 2 fully saturated rings. The number of thioether (sulfide) groups is 1. The minimum atomic E-state index is 0.633. The highest BCUT2D eigenvalue weighted by molar-refractivity contribution is 7.99. The van der Waals surface area contributed by atoms with Crippen molar-refractivity contribution < 1.29 is 0 Å². The average molecular weight is 308 g/mol. The zero-order valence-corrected chi connectivity index (χ0v) is 14.2. The fraction of sp³-hybridized carbons (Fsp3) is 0.875. The Bertz CT molecular complexity index is 451. The van der Waals surface area contributed by atoms with Gasteiger partial charge in [-0.25, -0.2) is 0 Å². The highest BCUT2D eigenvalue weighted by Crippen LogP contribution is 2.46. The SMILES string of the molecule is CCCNC(C)CCCSc1nnc(C2CC2)n1C1CC1. The van der Waals surface area contributed by atoms with Crippen LogP contribution in [-0.4, -0.2) is 33.1 Å². The van der Waals surface area contributed by atoms with Crippen LogP contribution in [0.4, 0.5) is 0 Å². The normalized spacial score (nSPS) is 19.9. The molecule has 118 valence electrons. The van der Waals surface area contributed by atoms with Gasteiger partial charge in [-0.05, 0) is 58.4 Å². The van der Waals surface area contributed by atoms with Crippen LogP contribution in [0.25, 0.3) is 0 Å². The quantitative estimate of drug-likeness (QED) is 0.528. The Morgan fingerprint density at radius 3 is 2.76 bits per heavy atom. The fourth-order valence-corrected chi connectivity index (χ4v) is 3.70. The highest BCUT2D eigenvalue weighted by Gasteiger charge is 2.36. The first kappa shape index (κ1) is 15.3. The van der Waals surface area contributed by atoms with Crippen molar-refractivity contribution in [1.82, 2.24) is 20.1 Å². The number of nitrogens with one attached hydrogen (secondary N) is 1. The third-order valence-corrected chi connectivity index (χ3v) is 5.33. The molecule has 0 bridgehead atoms. The molecular formula is C16H28N4S. The van der Waals surface area contributed by atoms with Gasteiger partial charge in [-0.1, -0.05) is 18.7 Å². The maximum atomic E-state index is 4.47. The van der Waals surface area contributed by atoms with Crippen molar-refractivity contribution in [3.63, 3.8) is 0 Å². The van der Waals surface area contributed by atoms with Gasteiger partial charge in [0, 0.05) is 23.8 Å². The Labute approximate surface area is 132 Å². The molecule has 2 saturated carbocycles. The predicted octanol–water partition coefficient (Wildman–Crippen LogP) is 3.75. The number of nitrogens with zero attached hydrogens (tertiary/aromatic N) is 3. The lowest BCUT2D eigenvalue weighted by molar-refractivity contribution is 0.509. The van der Waals surface area contributed by atoms with Crippen LogP contribution in [0.1, 0.15) is 76.6 Å². The second-order valence-electron chi connectivity index (χ2n) is 6.56. The van der Waals surface area contributed by atoms with Gasteiger partial charge in [-0.2, -0.15) is 0 Å². The lowest BCUT2D eigenvalue weighted by Gasteiger charge is -2.12. The largest absolute Gasteiger partial charge is 0.314 e. The Hall–Kier alpha value is -0.550. The molecule has 5 heteroatoms. The molecule has 1 heterocycles. The smallest absolute Gasteiger partial charge is 0.191 e. The summed E-state index contributed by atoms with van der Waals surface area (Å²) in [5.41, 5.74) is 0. The predicted molar refractivity (Wildman–Crippen MR) is 88.0 cm³/mol. The zero-order chi connectivity index (χ0) is 14.7. The summed E-state index contributed by atoms with van der Waals surface area (Å²) >= 11 is 1.91. The van der Waals surface area contributed by atoms with Crippen LogP contribution in [0.5, 0.6) is 0 Å². The number of aromatic nitrogens is 3. The maximum absolute atomic E-state index is 4.47. The van der Waals surface area contributed by atoms with Crippen molar-refractivity contribution in [2.24, 2.45) is 0 Å². The molecule has 1 aromatic heterocycles. The number of hydrogen-bond donors (Lipinski definition) is 1. The molecule has 0 radical (unpaired) electrons. The van der Waals surface area contributed by atoms with E-state index in [1.165, 1.54) is 55.9 Å². The zero-order valence-electron chi connectivity index (χ0n) is 13.3. The van der Waals surface area contributed by atoms with Gasteiger partial charge in [0.05, 0.1) is 0 Å². The molecule has 1 unspecified atom stereocenters. The van der Waals surface area contributed by atoms with Gasteiger partial charge in [0.2, 0.25) is 0 Å². The van der Waals surface area contributed by atoms with Crippen LogP contribution in [0, 0.1) is 0 Å². The van der Waals surface area contributed by atoms with E-state index in [1.54, 1.807) is 0 Å². The second kappa shape index (κ2) is 7.14. The molecule has 0 saturated heterocycles. The van der Waals surface area contributed by atoms with E-state index in [1.807, 2.05) is 11.8 Å². The van der Waals surface area contributed by atoms with E-state index >= 15 is 0 Å². The van der Waals surface area contributed by atoms with Crippen molar-refractivity contribution in [3.05, 3.63) is 5.82 Å². The Kier molecular flexibility index (Phi) is 5.22. The minimum Gasteiger partial charge on any atom is -0.314 e. The lowest BCUT2D eigenvalue weighted by atomic mass is 10.2. The van der Waals surface area contributed by atoms with Crippen molar-refractivity contribution in [2.45, 2.75) is 82.0 Å². The maximum Gasteiger partial charge on any atom is 0.191 e. The van der Waals surface area contributed by atoms with E-state index < -0.39 is 0 Å². The van der Waals surface area contributed by atoms with Crippen LogP contribution in [-0.2, 0) is 0 Å². The minimum absolute atomic E-state index is 0.633. The molecular weight excluding hydrogens is 280 g/mol. The second-order valence-corrected chi connectivity index (χ2v) is 7.62. The fourth-order valence-electron chi connectivity index (χ4n) is 2.73. The molecule has 2 aliphatic rings. The van der Waals surface area contributed by atoms with Gasteiger partial charge in [-0.15, -0.1) is 10.2 Å².